The molecule has 5 heteroatoms. The van der Waals surface area contributed by atoms with Crippen LogP contribution in [0.3, 0.4) is 0 Å². The van der Waals surface area contributed by atoms with E-state index in [2.05, 4.69) is 35.6 Å². The number of benzene rings is 1. The molecule has 0 aliphatic carbocycles. The van der Waals surface area contributed by atoms with Crippen LogP contribution < -0.4 is 10.6 Å². The highest BCUT2D eigenvalue weighted by Gasteiger charge is 2.40. The molecular weight excluding hydrogens is 300 g/mol. The highest BCUT2D eigenvalue weighted by atomic mass is 16.2. The minimum Gasteiger partial charge on any atom is -0.323 e. The van der Waals surface area contributed by atoms with Gasteiger partial charge in [0.15, 0.2) is 0 Å². The van der Waals surface area contributed by atoms with Gasteiger partial charge in [0.05, 0.1) is 0 Å². The first-order chi connectivity index (χ1) is 11.6. The molecule has 132 valence electrons. The number of piperidine rings is 1. The Hall–Kier alpha value is -1.59. The molecule has 2 aliphatic rings. The monoisotopic (exact) mass is 330 g/mol. The minimum atomic E-state index is 0.0455. The lowest BCUT2D eigenvalue weighted by atomic mass is 9.86. The molecule has 2 fully saturated rings. The average Bonchev–Trinajstić information content (AvgIpc) is 2.76. The van der Waals surface area contributed by atoms with Gasteiger partial charge < -0.3 is 15.5 Å². The number of aryl methyl sites for hydroxylation is 1. The molecule has 2 heterocycles. The second-order valence-electron chi connectivity index (χ2n) is 7.11. The molecule has 2 aliphatic heterocycles. The molecule has 0 bridgehead atoms. The van der Waals surface area contributed by atoms with Crippen LogP contribution in [0.5, 0.6) is 0 Å². The summed E-state index contributed by atoms with van der Waals surface area (Å²) in [6, 6.07) is 8.14. The third-order valence-corrected chi connectivity index (χ3v) is 5.68. The van der Waals surface area contributed by atoms with Gasteiger partial charge in [0.2, 0.25) is 0 Å². The summed E-state index contributed by atoms with van der Waals surface area (Å²) >= 11 is 0. The number of nitrogens with zero attached hydrogens (tertiary/aromatic N) is 2. The predicted molar refractivity (Wildman–Crippen MR) is 98.5 cm³/mol. The maximum absolute atomic E-state index is 12.9. The van der Waals surface area contributed by atoms with Gasteiger partial charge in [-0.2, -0.15) is 0 Å². The Morgan fingerprint density at radius 2 is 2.00 bits per heavy atom. The van der Waals surface area contributed by atoms with Crippen LogP contribution in [0.1, 0.15) is 31.7 Å². The molecule has 1 spiro atoms. The first-order valence-corrected chi connectivity index (χ1v) is 9.20. The van der Waals surface area contributed by atoms with Crippen molar-refractivity contribution in [2.75, 3.05) is 45.1 Å². The number of anilines is 1. The normalized spacial score (nSPS) is 21.5. The minimum absolute atomic E-state index is 0.0455. The summed E-state index contributed by atoms with van der Waals surface area (Å²) in [5, 5.41) is 6.60. The van der Waals surface area contributed by atoms with E-state index < -0.39 is 0 Å². The fraction of sp³-hybridized carbons (Fsp3) is 0.632. The summed E-state index contributed by atoms with van der Waals surface area (Å²) < 4.78 is 0. The molecule has 0 unspecified atom stereocenters. The van der Waals surface area contributed by atoms with Crippen molar-refractivity contribution in [3.63, 3.8) is 0 Å². The van der Waals surface area contributed by atoms with Gasteiger partial charge in [-0.3, -0.25) is 4.90 Å². The lowest BCUT2D eigenvalue weighted by Gasteiger charge is -2.45. The molecule has 1 aromatic rings. The van der Waals surface area contributed by atoms with Crippen molar-refractivity contribution in [2.24, 2.45) is 0 Å². The fourth-order valence-corrected chi connectivity index (χ4v) is 4.04. The van der Waals surface area contributed by atoms with Gasteiger partial charge in [0.25, 0.3) is 0 Å². The van der Waals surface area contributed by atoms with Crippen molar-refractivity contribution in [1.82, 2.24) is 15.1 Å². The number of carbonyl (C=O) groups is 1. The number of rotatable bonds is 2. The summed E-state index contributed by atoms with van der Waals surface area (Å²) in [4.78, 5) is 17.4. The third-order valence-electron chi connectivity index (χ3n) is 5.68. The van der Waals surface area contributed by atoms with Gasteiger partial charge in [-0.25, -0.2) is 4.79 Å². The lowest BCUT2D eigenvalue weighted by molar-refractivity contribution is 0.0744. The van der Waals surface area contributed by atoms with Crippen LogP contribution in [0.25, 0.3) is 0 Å². The topological polar surface area (TPSA) is 47.6 Å². The molecule has 24 heavy (non-hydrogen) atoms. The zero-order valence-electron chi connectivity index (χ0n) is 15.0. The number of likely N-dealkylation sites (N-methyl/N-ethyl adjacent to an activating group) is 1. The van der Waals surface area contributed by atoms with E-state index in [1.165, 1.54) is 5.56 Å². The van der Waals surface area contributed by atoms with E-state index in [9.17, 15) is 4.79 Å². The first-order valence-electron chi connectivity index (χ1n) is 9.20. The van der Waals surface area contributed by atoms with Crippen LogP contribution in [-0.2, 0) is 6.42 Å². The molecule has 1 aromatic carbocycles. The molecule has 2 amide bonds. The molecule has 0 atom stereocenters. The molecule has 2 N–H and O–H groups in total. The number of amides is 2. The lowest BCUT2D eigenvalue weighted by Crippen LogP contribution is -2.58. The van der Waals surface area contributed by atoms with E-state index in [0.717, 1.165) is 64.1 Å². The number of urea groups is 1. The Morgan fingerprint density at radius 1 is 1.25 bits per heavy atom. The molecule has 3 rings (SSSR count). The molecule has 0 radical (unpaired) electrons. The highest BCUT2D eigenvalue weighted by Crippen LogP contribution is 2.29. The van der Waals surface area contributed by atoms with E-state index in [-0.39, 0.29) is 11.6 Å². The van der Waals surface area contributed by atoms with E-state index >= 15 is 0 Å². The summed E-state index contributed by atoms with van der Waals surface area (Å²) in [6.07, 6.45) is 4.18. The zero-order valence-corrected chi connectivity index (χ0v) is 15.0. The number of nitrogens with one attached hydrogen (secondary N) is 2. The third kappa shape index (κ3) is 3.57. The molecule has 0 saturated carbocycles. The number of hydrogen-bond donors (Lipinski definition) is 2. The standard InChI is InChI=1S/C19H30N4O/c1-3-16-7-4-5-8-17(16)21-18(24)23-14-6-13-22(2)19(15-23)9-11-20-12-10-19/h4-5,7-8,20H,3,6,9-15H2,1-2H3,(H,21,24). The fourth-order valence-electron chi connectivity index (χ4n) is 4.04. The number of hydrogen-bond acceptors (Lipinski definition) is 3. The van der Waals surface area contributed by atoms with E-state index in [4.69, 9.17) is 0 Å². The summed E-state index contributed by atoms with van der Waals surface area (Å²) in [5.74, 6) is 0. The molecule has 5 nitrogen and oxygen atoms in total. The second kappa shape index (κ2) is 7.53. The van der Waals surface area contributed by atoms with Crippen LogP contribution >= 0.6 is 0 Å². The Kier molecular flexibility index (Phi) is 5.41. The van der Waals surface area contributed by atoms with Crippen molar-refractivity contribution >= 4 is 11.7 Å². The Morgan fingerprint density at radius 3 is 2.75 bits per heavy atom. The van der Waals surface area contributed by atoms with Gasteiger partial charge in [-0.1, -0.05) is 25.1 Å². The van der Waals surface area contributed by atoms with Crippen molar-refractivity contribution in [3.05, 3.63) is 29.8 Å². The van der Waals surface area contributed by atoms with Crippen LogP contribution in [-0.4, -0.2) is 61.1 Å². The Labute approximate surface area is 145 Å². The van der Waals surface area contributed by atoms with Crippen LogP contribution in [0.4, 0.5) is 10.5 Å². The first kappa shape index (κ1) is 17.2. The van der Waals surface area contributed by atoms with Crippen LogP contribution in [0, 0.1) is 0 Å². The summed E-state index contributed by atoms with van der Waals surface area (Å²) in [5.41, 5.74) is 2.26. The second-order valence-corrected chi connectivity index (χ2v) is 7.11. The van der Waals surface area contributed by atoms with Crippen molar-refractivity contribution in [2.45, 2.75) is 38.1 Å². The smallest absolute Gasteiger partial charge is 0.321 e. The summed E-state index contributed by atoms with van der Waals surface area (Å²) in [7, 11) is 2.22. The molecule has 0 aromatic heterocycles. The van der Waals surface area contributed by atoms with E-state index in [1.54, 1.807) is 0 Å². The van der Waals surface area contributed by atoms with Crippen molar-refractivity contribution < 1.29 is 4.79 Å². The largest absolute Gasteiger partial charge is 0.323 e. The zero-order chi connectivity index (χ0) is 17.0. The van der Waals surface area contributed by atoms with Gasteiger partial charge in [0.1, 0.15) is 0 Å². The Bertz CT molecular complexity index is 568. The SMILES string of the molecule is CCc1ccccc1NC(=O)N1CCCN(C)C2(CCNCC2)C1. The summed E-state index contributed by atoms with van der Waals surface area (Å²) in [6.45, 7) is 6.92. The van der Waals surface area contributed by atoms with Gasteiger partial charge >= 0.3 is 6.03 Å². The van der Waals surface area contributed by atoms with Crippen molar-refractivity contribution in [1.29, 1.82) is 0 Å². The Balaban J connectivity index is 1.74. The van der Waals surface area contributed by atoms with Crippen LogP contribution in [0.2, 0.25) is 0 Å². The average molecular weight is 330 g/mol. The maximum Gasteiger partial charge on any atom is 0.321 e. The number of carbonyl (C=O) groups excluding carboxylic acids is 1. The maximum atomic E-state index is 12.9. The highest BCUT2D eigenvalue weighted by molar-refractivity contribution is 5.90. The quantitative estimate of drug-likeness (QED) is 0.876. The van der Waals surface area contributed by atoms with E-state index in [1.807, 2.05) is 23.1 Å². The van der Waals surface area contributed by atoms with Gasteiger partial charge in [0, 0.05) is 30.9 Å². The molecule has 2 saturated heterocycles. The van der Waals surface area contributed by atoms with Crippen LogP contribution in [0.15, 0.2) is 24.3 Å². The predicted octanol–water partition coefficient (Wildman–Crippen LogP) is 2.54. The van der Waals surface area contributed by atoms with Gasteiger partial charge in [-0.15, -0.1) is 0 Å². The number of para-hydroxylation sites is 1. The molecular formula is C19H30N4O. The van der Waals surface area contributed by atoms with Gasteiger partial charge in [-0.05, 0) is 57.5 Å². The van der Waals surface area contributed by atoms with E-state index in [0.29, 0.717) is 0 Å². The van der Waals surface area contributed by atoms with Crippen molar-refractivity contribution in [3.8, 4) is 0 Å².